The summed E-state index contributed by atoms with van der Waals surface area (Å²) < 4.78 is 1.14. The lowest BCUT2D eigenvalue weighted by molar-refractivity contribution is -0.384. The zero-order valence-corrected chi connectivity index (χ0v) is 17.1. The molecule has 0 radical (unpaired) electrons. The third-order valence-corrected chi connectivity index (χ3v) is 5.34. The van der Waals surface area contributed by atoms with Gasteiger partial charge in [-0.3, -0.25) is 14.9 Å². The first-order chi connectivity index (χ1) is 16.0. The fourth-order valence-electron chi connectivity index (χ4n) is 3.69. The molecular formula is C25H16N4O4. The number of aromatic hydroxyl groups is 1. The number of hydrogen-bond donors (Lipinski definition) is 1. The number of nitrogens with zero attached hydrogens (tertiary/aromatic N) is 4. The highest BCUT2D eigenvalue weighted by Crippen LogP contribution is 2.26. The molecule has 1 aromatic heterocycles. The molecular weight excluding hydrogens is 420 g/mol. The summed E-state index contributed by atoms with van der Waals surface area (Å²) in [6.07, 6.45) is 1.42. The van der Waals surface area contributed by atoms with Crippen molar-refractivity contribution in [3.63, 3.8) is 0 Å². The molecule has 5 aromatic rings. The van der Waals surface area contributed by atoms with Crippen LogP contribution in [0, 0.1) is 10.1 Å². The van der Waals surface area contributed by atoms with E-state index in [4.69, 9.17) is 0 Å². The first-order valence-electron chi connectivity index (χ1n) is 10.0. The van der Waals surface area contributed by atoms with Gasteiger partial charge in [0.2, 0.25) is 0 Å². The maximum Gasteiger partial charge on any atom is 0.282 e. The molecule has 0 fully saturated rings. The molecule has 8 nitrogen and oxygen atoms in total. The molecule has 0 aliphatic carbocycles. The number of nitro benzene ring substituents is 1. The normalized spacial score (nSPS) is 11.4. The molecule has 0 saturated carbocycles. The number of aromatic nitrogens is 2. The Balaban J connectivity index is 1.73. The van der Waals surface area contributed by atoms with Crippen molar-refractivity contribution in [1.82, 2.24) is 9.66 Å². The van der Waals surface area contributed by atoms with E-state index in [0.29, 0.717) is 22.0 Å². The predicted octanol–water partition coefficient (Wildman–Crippen LogP) is 4.71. The third-order valence-electron chi connectivity index (χ3n) is 5.34. The topological polar surface area (TPSA) is 111 Å². The van der Waals surface area contributed by atoms with Crippen LogP contribution in [0.5, 0.6) is 5.75 Å². The molecule has 0 atom stereocenters. The Morgan fingerprint density at radius 1 is 0.909 bits per heavy atom. The molecule has 0 spiro atoms. The van der Waals surface area contributed by atoms with Crippen molar-refractivity contribution in [3.05, 3.63) is 111 Å². The molecule has 1 heterocycles. The Kier molecular flexibility index (Phi) is 4.87. The SMILES string of the molecule is O=c1c2ccccc2nc(-c2ccc([N+](=O)[O-])cc2)n1/N=C/c1c(O)ccc2ccccc12. The summed E-state index contributed by atoms with van der Waals surface area (Å²) in [5.74, 6) is 0.251. The molecule has 0 aliphatic heterocycles. The maximum absolute atomic E-state index is 13.3. The van der Waals surface area contributed by atoms with Crippen molar-refractivity contribution >= 4 is 33.6 Å². The Labute approximate surface area is 186 Å². The highest BCUT2D eigenvalue weighted by atomic mass is 16.6. The number of nitro groups is 1. The van der Waals surface area contributed by atoms with Crippen molar-refractivity contribution in [3.8, 4) is 17.1 Å². The van der Waals surface area contributed by atoms with Crippen molar-refractivity contribution in [2.45, 2.75) is 0 Å². The van der Waals surface area contributed by atoms with Crippen LogP contribution in [0.4, 0.5) is 5.69 Å². The number of benzene rings is 4. The molecule has 0 aliphatic rings. The number of phenols is 1. The van der Waals surface area contributed by atoms with Crippen LogP contribution >= 0.6 is 0 Å². The van der Waals surface area contributed by atoms with E-state index in [2.05, 4.69) is 10.1 Å². The third kappa shape index (κ3) is 3.59. The van der Waals surface area contributed by atoms with Gasteiger partial charge in [-0.2, -0.15) is 9.78 Å². The molecule has 33 heavy (non-hydrogen) atoms. The second-order valence-corrected chi connectivity index (χ2v) is 7.34. The average Bonchev–Trinajstić information content (AvgIpc) is 2.84. The van der Waals surface area contributed by atoms with Crippen LogP contribution in [-0.2, 0) is 0 Å². The van der Waals surface area contributed by atoms with E-state index in [0.717, 1.165) is 15.4 Å². The van der Waals surface area contributed by atoms with Gasteiger partial charge >= 0.3 is 0 Å². The van der Waals surface area contributed by atoms with Crippen LogP contribution in [0.1, 0.15) is 5.56 Å². The van der Waals surface area contributed by atoms with Crippen LogP contribution in [0.25, 0.3) is 33.1 Å². The van der Waals surface area contributed by atoms with Crippen molar-refractivity contribution in [2.75, 3.05) is 0 Å². The van der Waals surface area contributed by atoms with E-state index in [9.17, 15) is 20.0 Å². The van der Waals surface area contributed by atoms with Gasteiger partial charge in [0.15, 0.2) is 5.82 Å². The van der Waals surface area contributed by atoms with Crippen LogP contribution in [0.15, 0.2) is 94.8 Å². The Hall–Kier alpha value is -4.85. The Morgan fingerprint density at radius 2 is 1.61 bits per heavy atom. The van der Waals surface area contributed by atoms with Crippen LogP contribution in [0.2, 0.25) is 0 Å². The average molecular weight is 436 g/mol. The lowest BCUT2D eigenvalue weighted by Crippen LogP contribution is -2.20. The number of hydrogen-bond acceptors (Lipinski definition) is 6. The summed E-state index contributed by atoms with van der Waals surface area (Å²) in [4.78, 5) is 28.4. The van der Waals surface area contributed by atoms with E-state index in [1.54, 1.807) is 36.4 Å². The van der Waals surface area contributed by atoms with Gasteiger partial charge in [-0.05, 0) is 41.1 Å². The smallest absolute Gasteiger partial charge is 0.282 e. The molecule has 160 valence electrons. The summed E-state index contributed by atoms with van der Waals surface area (Å²) in [5, 5.41) is 27.9. The summed E-state index contributed by atoms with van der Waals surface area (Å²) in [6, 6.07) is 23.5. The molecule has 0 bridgehead atoms. The second-order valence-electron chi connectivity index (χ2n) is 7.34. The van der Waals surface area contributed by atoms with Gasteiger partial charge in [0.1, 0.15) is 5.75 Å². The highest BCUT2D eigenvalue weighted by Gasteiger charge is 2.14. The van der Waals surface area contributed by atoms with Crippen LogP contribution in [0.3, 0.4) is 0 Å². The fraction of sp³-hybridized carbons (Fsp3) is 0. The summed E-state index contributed by atoms with van der Waals surface area (Å²) >= 11 is 0. The molecule has 0 saturated heterocycles. The molecule has 0 unspecified atom stereocenters. The quantitative estimate of drug-likeness (QED) is 0.249. The molecule has 1 N–H and O–H groups in total. The van der Waals surface area contributed by atoms with Gasteiger partial charge < -0.3 is 5.11 Å². The zero-order chi connectivity index (χ0) is 22.9. The fourth-order valence-corrected chi connectivity index (χ4v) is 3.69. The summed E-state index contributed by atoms with van der Waals surface area (Å²) in [6.45, 7) is 0. The lowest BCUT2D eigenvalue weighted by atomic mass is 10.0. The minimum atomic E-state index is -0.494. The maximum atomic E-state index is 13.3. The number of rotatable bonds is 4. The molecule has 8 heteroatoms. The monoisotopic (exact) mass is 436 g/mol. The van der Waals surface area contributed by atoms with Gasteiger partial charge in [-0.15, -0.1) is 0 Å². The van der Waals surface area contributed by atoms with Gasteiger partial charge in [0.05, 0.1) is 22.0 Å². The Morgan fingerprint density at radius 3 is 2.36 bits per heavy atom. The standard InChI is InChI=1S/C25H16N4O4/c30-23-14-11-16-5-1-2-6-19(16)21(23)15-26-28-24(17-9-12-18(13-10-17)29(32)33)27-22-8-4-3-7-20(22)25(28)31/h1-15,30H/b26-15+. The predicted molar refractivity (Wildman–Crippen MR) is 127 cm³/mol. The number of phenolic OH excluding ortho intramolecular Hbond substituents is 1. The van der Waals surface area contributed by atoms with Gasteiger partial charge in [-0.1, -0.05) is 42.5 Å². The number of para-hydroxylation sites is 1. The van der Waals surface area contributed by atoms with E-state index in [1.165, 1.54) is 30.5 Å². The van der Waals surface area contributed by atoms with E-state index in [-0.39, 0.29) is 17.3 Å². The zero-order valence-electron chi connectivity index (χ0n) is 17.1. The van der Waals surface area contributed by atoms with Crippen molar-refractivity contribution < 1.29 is 10.0 Å². The molecule has 5 rings (SSSR count). The largest absolute Gasteiger partial charge is 0.507 e. The van der Waals surface area contributed by atoms with Crippen LogP contribution in [-0.4, -0.2) is 25.9 Å². The minimum Gasteiger partial charge on any atom is -0.507 e. The van der Waals surface area contributed by atoms with E-state index in [1.807, 2.05) is 24.3 Å². The minimum absolute atomic E-state index is 0.0242. The van der Waals surface area contributed by atoms with Gasteiger partial charge in [0, 0.05) is 23.3 Å². The molecule has 4 aromatic carbocycles. The van der Waals surface area contributed by atoms with Crippen molar-refractivity contribution in [2.24, 2.45) is 5.10 Å². The first-order valence-corrected chi connectivity index (χ1v) is 10.0. The highest BCUT2D eigenvalue weighted by molar-refractivity contribution is 6.02. The Bertz CT molecular complexity index is 1620. The van der Waals surface area contributed by atoms with Gasteiger partial charge in [0.25, 0.3) is 11.2 Å². The summed E-state index contributed by atoms with van der Waals surface area (Å²) in [5.41, 5.74) is 0.961. The second kappa shape index (κ2) is 8.01. The summed E-state index contributed by atoms with van der Waals surface area (Å²) in [7, 11) is 0. The number of non-ortho nitro benzene ring substituents is 1. The van der Waals surface area contributed by atoms with E-state index < -0.39 is 10.5 Å². The van der Waals surface area contributed by atoms with Gasteiger partial charge in [-0.25, -0.2) is 4.98 Å². The van der Waals surface area contributed by atoms with E-state index >= 15 is 0 Å². The lowest BCUT2D eigenvalue weighted by Gasteiger charge is -2.10. The van der Waals surface area contributed by atoms with Crippen LogP contribution < -0.4 is 5.56 Å². The first kappa shape index (κ1) is 20.1. The number of fused-ring (bicyclic) bond motifs is 2. The van der Waals surface area contributed by atoms with Crippen molar-refractivity contribution in [1.29, 1.82) is 0 Å². The molecule has 0 amide bonds.